The Hall–Kier alpha value is -2.56. The molecule has 5 heteroatoms. The number of aromatic nitrogens is 1. The van der Waals surface area contributed by atoms with Gasteiger partial charge in [-0.1, -0.05) is 13.8 Å². The smallest absolute Gasteiger partial charge is 0.255 e. The molecule has 5 nitrogen and oxygen atoms in total. The molecule has 0 aliphatic carbocycles. The van der Waals surface area contributed by atoms with E-state index in [1.165, 1.54) is 0 Å². The summed E-state index contributed by atoms with van der Waals surface area (Å²) in [6.07, 6.45) is 2.73. The summed E-state index contributed by atoms with van der Waals surface area (Å²) in [6.45, 7) is 11.4. The summed E-state index contributed by atoms with van der Waals surface area (Å²) in [5.41, 5.74) is 2.55. The minimum atomic E-state index is -0.130. The molecule has 0 saturated carbocycles. The van der Waals surface area contributed by atoms with Crippen molar-refractivity contribution in [1.29, 1.82) is 0 Å². The number of pyridine rings is 1. The summed E-state index contributed by atoms with van der Waals surface area (Å²) < 4.78 is 0. The van der Waals surface area contributed by atoms with E-state index in [9.17, 15) is 4.79 Å². The second-order valence-electron chi connectivity index (χ2n) is 6.71. The molecule has 2 aromatic rings. The molecule has 0 fully saturated rings. The highest BCUT2D eigenvalue weighted by Gasteiger charge is 2.08. The number of nitrogens with zero attached hydrogens (tertiary/aromatic N) is 2. The van der Waals surface area contributed by atoms with Crippen molar-refractivity contribution in [2.75, 3.05) is 35.2 Å². The molecule has 0 unspecified atom stereocenters. The van der Waals surface area contributed by atoms with Crippen molar-refractivity contribution in [2.45, 2.75) is 34.1 Å². The first-order chi connectivity index (χ1) is 12.5. The quantitative estimate of drug-likeness (QED) is 0.689. The molecule has 1 amide bonds. The standard InChI is InChI=1S/C21H30N4O/c1-5-25(6-2)19-9-7-18(8-10-19)24-21(26)17-12-14-23-20(15-17)22-13-11-16(3)4/h7-10,12,14-16H,5-6,11,13H2,1-4H3,(H,22,23)(H,24,26). The van der Waals surface area contributed by atoms with Crippen molar-refractivity contribution in [3.63, 3.8) is 0 Å². The number of nitrogens with one attached hydrogen (secondary N) is 2. The van der Waals surface area contributed by atoms with Crippen molar-refractivity contribution < 1.29 is 4.79 Å². The molecular formula is C21H30N4O. The minimum Gasteiger partial charge on any atom is -0.372 e. The Morgan fingerprint density at radius 2 is 1.81 bits per heavy atom. The number of amides is 1. The van der Waals surface area contributed by atoms with Gasteiger partial charge >= 0.3 is 0 Å². The summed E-state index contributed by atoms with van der Waals surface area (Å²) >= 11 is 0. The van der Waals surface area contributed by atoms with E-state index in [2.05, 4.69) is 48.2 Å². The van der Waals surface area contributed by atoms with Crippen molar-refractivity contribution in [3.8, 4) is 0 Å². The van der Waals surface area contributed by atoms with Gasteiger partial charge in [-0.2, -0.15) is 0 Å². The third kappa shape index (κ3) is 5.76. The fourth-order valence-corrected chi connectivity index (χ4v) is 2.70. The van der Waals surface area contributed by atoms with Gasteiger partial charge < -0.3 is 15.5 Å². The van der Waals surface area contributed by atoms with Crippen LogP contribution in [0.5, 0.6) is 0 Å². The van der Waals surface area contributed by atoms with Crippen LogP contribution in [-0.2, 0) is 0 Å². The lowest BCUT2D eigenvalue weighted by atomic mass is 10.1. The second-order valence-corrected chi connectivity index (χ2v) is 6.71. The van der Waals surface area contributed by atoms with E-state index in [4.69, 9.17) is 0 Å². The van der Waals surface area contributed by atoms with Crippen molar-refractivity contribution in [2.24, 2.45) is 5.92 Å². The maximum atomic E-state index is 12.5. The number of anilines is 3. The van der Waals surface area contributed by atoms with Gasteiger partial charge in [0.2, 0.25) is 0 Å². The molecule has 0 saturated heterocycles. The predicted molar refractivity (Wildman–Crippen MR) is 110 cm³/mol. The zero-order valence-corrected chi connectivity index (χ0v) is 16.2. The van der Waals surface area contributed by atoms with Crippen molar-refractivity contribution in [3.05, 3.63) is 48.2 Å². The first kappa shape index (κ1) is 19.8. The highest BCUT2D eigenvalue weighted by Crippen LogP contribution is 2.18. The van der Waals surface area contributed by atoms with Crippen LogP contribution in [0.15, 0.2) is 42.6 Å². The van der Waals surface area contributed by atoms with E-state index in [0.29, 0.717) is 11.5 Å². The molecule has 2 rings (SSSR count). The lowest BCUT2D eigenvalue weighted by Crippen LogP contribution is -2.21. The van der Waals surface area contributed by atoms with E-state index >= 15 is 0 Å². The van der Waals surface area contributed by atoms with Crippen molar-refractivity contribution >= 4 is 23.1 Å². The average Bonchev–Trinajstić information content (AvgIpc) is 2.64. The number of hydrogen-bond acceptors (Lipinski definition) is 4. The van der Waals surface area contributed by atoms with Gasteiger partial charge in [0.1, 0.15) is 5.82 Å². The summed E-state index contributed by atoms with van der Waals surface area (Å²) in [4.78, 5) is 19.0. The summed E-state index contributed by atoms with van der Waals surface area (Å²) in [5.74, 6) is 1.23. The highest BCUT2D eigenvalue weighted by molar-refractivity contribution is 6.04. The summed E-state index contributed by atoms with van der Waals surface area (Å²) in [7, 11) is 0. The van der Waals surface area contributed by atoms with E-state index in [1.807, 2.05) is 24.3 Å². The Morgan fingerprint density at radius 1 is 1.12 bits per heavy atom. The van der Waals surface area contributed by atoms with Crippen LogP contribution in [0.1, 0.15) is 44.5 Å². The molecule has 1 heterocycles. The average molecular weight is 354 g/mol. The SMILES string of the molecule is CCN(CC)c1ccc(NC(=O)c2ccnc(NCCC(C)C)c2)cc1. The molecule has 2 N–H and O–H groups in total. The molecular weight excluding hydrogens is 324 g/mol. The zero-order valence-electron chi connectivity index (χ0n) is 16.2. The van der Waals surface area contributed by atoms with Gasteiger partial charge in [-0.3, -0.25) is 4.79 Å². The molecule has 1 aromatic carbocycles. The molecule has 0 bridgehead atoms. The molecule has 0 radical (unpaired) electrons. The molecule has 1 aromatic heterocycles. The molecule has 0 spiro atoms. The van der Waals surface area contributed by atoms with Crippen LogP contribution >= 0.6 is 0 Å². The maximum absolute atomic E-state index is 12.5. The minimum absolute atomic E-state index is 0.130. The van der Waals surface area contributed by atoms with Crippen LogP contribution in [0.25, 0.3) is 0 Å². The van der Waals surface area contributed by atoms with Crippen LogP contribution in [0, 0.1) is 5.92 Å². The third-order valence-corrected chi connectivity index (χ3v) is 4.30. The Kier molecular flexibility index (Phi) is 7.45. The lowest BCUT2D eigenvalue weighted by molar-refractivity contribution is 0.102. The van der Waals surface area contributed by atoms with Crippen LogP contribution in [-0.4, -0.2) is 30.5 Å². The maximum Gasteiger partial charge on any atom is 0.255 e. The lowest BCUT2D eigenvalue weighted by Gasteiger charge is -2.21. The number of rotatable bonds is 9. The van der Waals surface area contributed by atoms with Gasteiger partial charge in [0.15, 0.2) is 0 Å². The van der Waals surface area contributed by atoms with Crippen molar-refractivity contribution in [1.82, 2.24) is 4.98 Å². The fraction of sp³-hybridized carbons (Fsp3) is 0.429. The fourth-order valence-electron chi connectivity index (χ4n) is 2.70. The van der Waals surface area contributed by atoms with Gasteiger partial charge in [0, 0.05) is 42.8 Å². The largest absolute Gasteiger partial charge is 0.372 e. The van der Waals surface area contributed by atoms with Crippen LogP contribution < -0.4 is 15.5 Å². The van der Waals surface area contributed by atoms with E-state index in [-0.39, 0.29) is 5.91 Å². The monoisotopic (exact) mass is 354 g/mol. The number of carbonyl (C=O) groups is 1. The van der Waals surface area contributed by atoms with E-state index in [1.54, 1.807) is 18.3 Å². The molecule has 0 aliphatic heterocycles. The van der Waals surface area contributed by atoms with Crippen LogP contribution in [0.3, 0.4) is 0 Å². The number of hydrogen-bond donors (Lipinski definition) is 2. The number of carbonyl (C=O) groups excluding carboxylic acids is 1. The van der Waals surface area contributed by atoms with Crippen LogP contribution in [0.4, 0.5) is 17.2 Å². The predicted octanol–water partition coefficient (Wildman–Crippen LogP) is 4.64. The molecule has 140 valence electrons. The van der Waals surface area contributed by atoms with E-state index in [0.717, 1.165) is 43.2 Å². The molecule has 0 aliphatic rings. The normalized spacial score (nSPS) is 10.7. The molecule has 0 atom stereocenters. The van der Waals surface area contributed by atoms with Crippen LogP contribution in [0.2, 0.25) is 0 Å². The van der Waals surface area contributed by atoms with Gasteiger partial charge in [0.05, 0.1) is 0 Å². The van der Waals surface area contributed by atoms with Gasteiger partial charge in [-0.05, 0) is 62.6 Å². The Morgan fingerprint density at radius 3 is 2.42 bits per heavy atom. The number of benzene rings is 1. The summed E-state index contributed by atoms with van der Waals surface area (Å²) in [5, 5.41) is 6.22. The Labute approximate surface area is 156 Å². The van der Waals surface area contributed by atoms with Gasteiger partial charge in [0.25, 0.3) is 5.91 Å². The zero-order chi connectivity index (χ0) is 18.9. The second kappa shape index (κ2) is 9.80. The van der Waals surface area contributed by atoms with Gasteiger partial charge in [-0.15, -0.1) is 0 Å². The Balaban J connectivity index is 1.99. The van der Waals surface area contributed by atoms with Gasteiger partial charge in [-0.25, -0.2) is 4.98 Å². The first-order valence-electron chi connectivity index (χ1n) is 9.39. The first-order valence-corrected chi connectivity index (χ1v) is 9.39. The molecule has 26 heavy (non-hydrogen) atoms. The highest BCUT2D eigenvalue weighted by atomic mass is 16.1. The third-order valence-electron chi connectivity index (χ3n) is 4.30. The Bertz CT molecular complexity index is 693. The van der Waals surface area contributed by atoms with E-state index < -0.39 is 0 Å². The topological polar surface area (TPSA) is 57.3 Å². The summed E-state index contributed by atoms with van der Waals surface area (Å²) in [6, 6.07) is 11.5.